The smallest absolute Gasteiger partial charge is 0.337 e. The van der Waals surface area contributed by atoms with E-state index in [1.165, 1.54) is 19.2 Å². The summed E-state index contributed by atoms with van der Waals surface area (Å²) in [6.07, 6.45) is -1.65. The van der Waals surface area contributed by atoms with Crippen LogP contribution in [-0.2, 0) is 4.79 Å². The Morgan fingerprint density at radius 3 is 2.62 bits per heavy atom. The number of rotatable bonds is 3. The number of methoxy groups -OCH3 is 1. The van der Waals surface area contributed by atoms with Crippen LogP contribution in [0.5, 0.6) is 5.75 Å². The Balaban J connectivity index is 3.38. The first kappa shape index (κ1) is 12.0. The van der Waals surface area contributed by atoms with Crippen molar-refractivity contribution in [1.29, 1.82) is 5.26 Å². The average Bonchev–Trinajstić information content (AvgIpc) is 2.27. The average molecular weight is 221 g/mol. The van der Waals surface area contributed by atoms with Gasteiger partial charge in [-0.2, -0.15) is 5.26 Å². The lowest BCUT2D eigenvalue weighted by molar-refractivity contribution is -0.147. The van der Waals surface area contributed by atoms with Crippen molar-refractivity contribution in [1.82, 2.24) is 0 Å². The summed E-state index contributed by atoms with van der Waals surface area (Å²) in [5, 5.41) is 26.9. The second kappa shape index (κ2) is 4.64. The fourth-order valence-corrected chi connectivity index (χ4v) is 1.45. The van der Waals surface area contributed by atoms with E-state index < -0.39 is 12.1 Å². The molecule has 0 aliphatic rings. The van der Waals surface area contributed by atoms with E-state index >= 15 is 0 Å². The number of aliphatic hydroxyl groups excluding tert-OH is 1. The zero-order valence-corrected chi connectivity index (χ0v) is 8.89. The summed E-state index contributed by atoms with van der Waals surface area (Å²) >= 11 is 0. The molecule has 0 heterocycles. The minimum Gasteiger partial charge on any atom is -0.496 e. The molecule has 0 aromatic heterocycles. The topological polar surface area (TPSA) is 90.6 Å². The molecule has 0 radical (unpaired) electrons. The van der Waals surface area contributed by atoms with Crippen LogP contribution in [0, 0.1) is 18.3 Å². The molecule has 5 nitrogen and oxygen atoms in total. The van der Waals surface area contributed by atoms with Crippen molar-refractivity contribution in [3.63, 3.8) is 0 Å². The predicted octanol–water partition coefficient (Wildman–Crippen LogP) is 0.993. The monoisotopic (exact) mass is 221 g/mol. The molecule has 1 rings (SSSR count). The summed E-state index contributed by atoms with van der Waals surface area (Å²) in [5.74, 6) is -1.13. The van der Waals surface area contributed by atoms with Crippen LogP contribution in [0.2, 0.25) is 0 Å². The summed E-state index contributed by atoms with van der Waals surface area (Å²) in [7, 11) is 1.36. The van der Waals surface area contributed by atoms with Crippen LogP contribution in [-0.4, -0.2) is 23.3 Å². The molecule has 1 atom stereocenters. The highest BCUT2D eigenvalue weighted by Gasteiger charge is 2.22. The lowest BCUT2D eigenvalue weighted by Gasteiger charge is -2.14. The van der Waals surface area contributed by atoms with Gasteiger partial charge in [0.25, 0.3) is 0 Å². The molecular formula is C11H11NO4. The molecule has 0 saturated heterocycles. The summed E-state index contributed by atoms with van der Waals surface area (Å²) in [4.78, 5) is 10.7. The van der Waals surface area contributed by atoms with E-state index in [9.17, 15) is 9.90 Å². The van der Waals surface area contributed by atoms with Crippen LogP contribution in [0.25, 0.3) is 0 Å². The van der Waals surface area contributed by atoms with E-state index in [4.69, 9.17) is 15.1 Å². The molecule has 2 N–H and O–H groups in total. The van der Waals surface area contributed by atoms with Crippen LogP contribution in [0.1, 0.15) is 22.8 Å². The van der Waals surface area contributed by atoms with Gasteiger partial charge in [-0.05, 0) is 13.0 Å². The van der Waals surface area contributed by atoms with Gasteiger partial charge < -0.3 is 14.9 Å². The van der Waals surface area contributed by atoms with E-state index in [1.54, 1.807) is 6.92 Å². The number of benzene rings is 1. The van der Waals surface area contributed by atoms with Gasteiger partial charge in [0.05, 0.1) is 18.7 Å². The first-order chi connectivity index (χ1) is 7.52. The maximum atomic E-state index is 10.7. The number of ether oxygens (including phenoxy) is 1. The first-order valence-corrected chi connectivity index (χ1v) is 4.51. The minimum atomic E-state index is -1.65. The number of carbonyl (C=O) groups is 1. The third-order valence-corrected chi connectivity index (χ3v) is 2.29. The van der Waals surface area contributed by atoms with Crippen LogP contribution in [0.15, 0.2) is 12.1 Å². The third-order valence-electron chi connectivity index (χ3n) is 2.29. The zero-order chi connectivity index (χ0) is 12.3. The van der Waals surface area contributed by atoms with E-state index in [0.29, 0.717) is 11.1 Å². The van der Waals surface area contributed by atoms with Crippen LogP contribution < -0.4 is 4.74 Å². The SMILES string of the molecule is COc1c(C(O)C(=O)O)ccc(C#N)c1C. The Morgan fingerprint density at radius 1 is 1.56 bits per heavy atom. The van der Waals surface area contributed by atoms with E-state index in [0.717, 1.165) is 0 Å². The van der Waals surface area contributed by atoms with Crippen molar-refractivity contribution in [3.05, 3.63) is 28.8 Å². The highest BCUT2D eigenvalue weighted by atomic mass is 16.5. The van der Waals surface area contributed by atoms with Crippen molar-refractivity contribution in [2.45, 2.75) is 13.0 Å². The molecule has 0 amide bonds. The molecule has 0 fully saturated rings. The number of nitriles is 1. The van der Waals surface area contributed by atoms with Crippen molar-refractivity contribution >= 4 is 5.97 Å². The second-order valence-corrected chi connectivity index (χ2v) is 3.21. The van der Waals surface area contributed by atoms with Gasteiger partial charge in [-0.15, -0.1) is 0 Å². The Kier molecular flexibility index (Phi) is 3.48. The largest absolute Gasteiger partial charge is 0.496 e. The minimum absolute atomic E-state index is 0.145. The van der Waals surface area contributed by atoms with Gasteiger partial charge in [0.15, 0.2) is 6.10 Å². The summed E-state index contributed by atoms with van der Waals surface area (Å²) in [6.45, 7) is 1.63. The van der Waals surface area contributed by atoms with Gasteiger partial charge in [0, 0.05) is 11.1 Å². The Bertz CT molecular complexity index is 462. The van der Waals surface area contributed by atoms with E-state index in [-0.39, 0.29) is 11.3 Å². The summed E-state index contributed by atoms with van der Waals surface area (Å²) < 4.78 is 5.02. The fraction of sp³-hybridized carbons (Fsp3) is 0.273. The van der Waals surface area contributed by atoms with Crippen molar-refractivity contribution < 1.29 is 19.7 Å². The molecule has 1 aromatic carbocycles. The lowest BCUT2D eigenvalue weighted by atomic mass is 10.0. The molecule has 1 aromatic rings. The van der Waals surface area contributed by atoms with Crippen LogP contribution in [0.4, 0.5) is 0 Å². The van der Waals surface area contributed by atoms with Gasteiger partial charge >= 0.3 is 5.97 Å². The number of carboxylic acids is 1. The standard InChI is InChI=1S/C11H11NO4/c1-6-7(5-12)3-4-8(10(6)16-2)9(13)11(14)15/h3-4,9,13H,1-2H3,(H,14,15). The highest BCUT2D eigenvalue weighted by molar-refractivity contribution is 5.75. The molecule has 0 aliphatic carbocycles. The van der Waals surface area contributed by atoms with Crippen molar-refractivity contribution in [2.75, 3.05) is 7.11 Å². The summed E-state index contributed by atoms with van der Waals surface area (Å²) in [5.41, 5.74) is 1.05. The normalized spacial score (nSPS) is 11.6. The number of hydrogen-bond donors (Lipinski definition) is 2. The molecule has 16 heavy (non-hydrogen) atoms. The van der Waals surface area contributed by atoms with Gasteiger partial charge in [0.2, 0.25) is 0 Å². The molecule has 84 valence electrons. The van der Waals surface area contributed by atoms with Crippen LogP contribution >= 0.6 is 0 Å². The lowest BCUT2D eigenvalue weighted by Crippen LogP contribution is -2.12. The number of aliphatic carboxylic acids is 1. The Labute approximate surface area is 92.5 Å². The van der Waals surface area contributed by atoms with Gasteiger partial charge in [-0.1, -0.05) is 6.07 Å². The zero-order valence-electron chi connectivity index (χ0n) is 8.89. The Morgan fingerprint density at radius 2 is 2.19 bits per heavy atom. The quantitative estimate of drug-likeness (QED) is 0.794. The highest BCUT2D eigenvalue weighted by Crippen LogP contribution is 2.30. The maximum absolute atomic E-state index is 10.7. The van der Waals surface area contributed by atoms with Gasteiger partial charge in [-0.25, -0.2) is 4.79 Å². The molecule has 0 bridgehead atoms. The van der Waals surface area contributed by atoms with Crippen molar-refractivity contribution in [3.8, 4) is 11.8 Å². The fourth-order valence-electron chi connectivity index (χ4n) is 1.45. The van der Waals surface area contributed by atoms with E-state index in [1.807, 2.05) is 6.07 Å². The maximum Gasteiger partial charge on any atom is 0.337 e. The molecular weight excluding hydrogens is 210 g/mol. The molecule has 0 spiro atoms. The molecule has 0 saturated carbocycles. The predicted molar refractivity (Wildman–Crippen MR) is 55.0 cm³/mol. The van der Waals surface area contributed by atoms with Gasteiger partial charge in [-0.3, -0.25) is 0 Å². The third kappa shape index (κ3) is 1.97. The molecule has 1 unspecified atom stereocenters. The number of hydrogen-bond acceptors (Lipinski definition) is 4. The Hall–Kier alpha value is -2.06. The summed E-state index contributed by atoms with van der Waals surface area (Å²) in [6, 6.07) is 4.79. The molecule has 0 aliphatic heterocycles. The molecule has 5 heteroatoms. The number of carboxylic acid groups (broad SMARTS) is 1. The number of aliphatic hydroxyl groups is 1. The van der Waals surface area contributed by atoms with Gasteiger partial charge in [0.1, 0.15) is 5.75 Å². The van der Waals surface area contributed by atoms with E-state index in [2.05, 4.69) is 0 Å². The second-order valence-electron chi connectivity index (χ2n) is 3.21. The number of nitrogens with zero attached hydrogens (tertiary/aromatic N) is 1. The van der Waals surface area contributed by atoms with Crippen molar-refractivity contribution in [2.24, 2.45) is 0 Å². The first-order valence-electron chi connectivity index (χ1n) is 4.51. The van der Waals surface area contributed by atoms with Crippen LogP contribution in [0.3, 0.4) is 0 Å².